The molecule has 3 aromatic rings. The van der Waals surface area contributed by atoms with E-state index in [1.807, 2.05) is 24.3 Å². The largest absolute Gasteiger partial charge is 0.255 e. The first-order chi connectivity index (χ1) is 10.3. The van der Waals surface area contributed by atoms with E-state index in [1.165, 1.54) is 11.1 Å². The molecule has 0 unspecified atom stereocenters. The number of hydrogen-bond acceptors (Lipinski definition) is 1. The van der Waals surface area contributed by atoms with Gasteiger partial charge in [0.1, 0.15) is 0 Å². The molecular formula is C19H16ClN. The van der Waals surface area contributed by atoms with Crippen LogP contribution in [-0.4, -0.2) is 4.98 Å². The average Bonchev–Trinajstić information content (AvgIpc) is 2.55. The van der Waals surface area contributed by atoms with Gasteiger partial charge in [-0.1, -0.05) is 73.1 Å². The Bertz CT molecular complexity index is 806. The van der Waals surface area contributed by atoms with Gasteiger partial charge in [-0.15, -0.1) is 0 Å². The summed E-state index contributed by atoms with van der Waals surface area (Å²) in [5, 5.41) is 2.81. The molecule has 0 aliphatic heterocycles. The summed E-state index contributed by atoms with van der Waals surface area (Å²) in [4.78, 5) is 4.45. The minimum absolute atomic E-state index is 0.690. The molecule has 0 amide bonds. The Morgan fingerprint density at radius 2 is 1.81 bits per heavy atom. The lowest BCUT2D eigenvalue weighted by Crippen LogP contribution is -1.85. The normalized spacial score (nSPS) is 11.3. The molecule has 0 fully saturated rings. The third kappa shape index (κ3) is 2.98. The number of benzene rings is 2. The van der Waals surface area contributed by atoms with Crippen LogP contribution in [0.5, 0.6) is 0 Å². The topological polar surface area (TPSA) is 12.9 Å². The predicted molar refractivity (Wildman–Crippen MR) is 91.5 cm³/mol. The Labute approximate surface area is 129 Å². The average molecular weight is 294 g/mol. The fraction of sp³-hybridized carbons (Fsp3) is 0.105. The number of halogens is 1. The number of hydrogen-bond donors (Lipinski definition) is 0. The van der Waals surface area contributed by atoms with Crippen LogP contribution in [0.15, 0.2) is 54.7 Å². The van der Waals surface area contributed by atoms with Crippen LogP contribution < -0.4 is 0 Å². The smallest absolute Gasteiger partial charge is 0.0709 e. The molecule has 0 bridgehead atoms. The monoisotopic (exact) mass is 293 g/mol. The van der Waals surface area contributed by atoms with Gasteiger partial charge in [0.25, 0.3) is 0 Å². The molecule has 1 nitrogen and oxygen atoms in total. The lowest BCUT2D eigenvalue weighted by Gasteiger charge is -2.03. The van der Waals surface area contributed by atoms with E-state index in [0.29, 0.717) is 5.02 Å². The van der Waals surface area contributed by atoms with Crippen LogP contribution in [0.25, 0.3) is 22.9 Å². The van der Waals surface area contributed by atoms with Gasteiger partial charge in [0.05, 0.1) is 10.7 Å². The van der Waals surface area contributed by atoms with E-state index >= 15 is 0 Å². The lowest BCUT2D eigenvalue weighted by atomic mass is 10.1. The van der Waals surface area contributed by atoms with E-state index in [4.69, 9.17) is 11.6 Å². The third-order valence-electron chi connectivity index (χ3n) is 3.57. The zero-order chi connectivity index (χ0) is 14.7. The van der Waals surface area contributed by atoms with Crippen LogP contribution in [-0.2, 0) is 6.42 Å². The van der Waals surface area contributed by atoms with Crippen LogP contribution in [0.1, 0.15) is 23.7 Å². The molecule has 21 heavy (non-hydrogen) atoms. The van der Waals surface area contributed by atoms with E-state index in [1.54, 1.807) is 6.20 Å². The van der Waals surface area contributed by atoms with Crippen LogP contribution in [0, 0.1) is 0 Å². The van der Waals surface area contributed by atoms with E-state index in [0.717, 1.165) is 22.9 Å². The van der Waals surface area contributed by atoms with Crippen molar-refractivity contribution in [3.63, 3.8) is 0 Å². The maximum atomic E-state index is 6.20. The third-order valence-corrected chi connectivity index (χ3v) is 3.87. The highest BCUT2D eigenvalue weighted by Gasteiger charge is 2.03. The number of rotatable bonds is 3. The highest BCUT2D eigenvalue weighted by Crippen LogP contribution is 2.25. The Morgan fingerprint density at radius 3 is 2.62 bits per heavy atom. The molecule has 2 aromatic carbocycles. The Balaban J connectivity index is 2.01. The molecule has 0 spiro atoms. The number of pyridine rings is 1. The molecule has 0 atom stereocenters. The second kappa shape index (κ2) is 6.11. The molecule has 2 heteroatoms. The summed E-state index contributed by atoms with van der Waals surface area (Å²) >= 11 is 6.20. The second-order valence-electron chi connectivity index (χ2n) is 4.97. The number of aryl methyl sites for hydroxylation is 1. The van der Waals surface area contributed by atoms with Gasteiger partial charge < -0.3 is 0 Å². The number of nitrogens with zero attached hydrogens (tertiary/aromatic N) is 1. The summed E-state index contributed by atoms with van der Waals surface area (Å²) in [7, 11) is 0. The fourth-order valence-corrected chi connectivity index (χ4v) is 2.62. The first kappa shape index (κ1) is 13.8. The van der Waals surface area contributed by atoms with Crippen molar-refractivity contribution < 1.29 is 0 Å². The SMILES string of the molecule is CCc1cccc(C=Cc2ncc(Cl)c3ccccc23)c1. The van der Waals surface area contributed by atoms with Gasteiger partial charge in [-0.25, -0.2) is 0 Å². The van der Waals surface area contributed by atoms with Crippen molar-refractivity contribution in [1.29, 1.82) is 0 Å². The van der Waals surface area contributed by atoms with Crippen LogP contribution in [0.4, 0.5) is 0 Å². The van der Waals surface area contributed by atoms with Crippen molar-refractivity contribution in [2.45, 2.75) is 13.3 Å². The van der Waals surface area contributed by atoms with Gasteiger partial charge in [-0.2, -0.15) is 0 Å². The zero-order valence-corrected chi connectivity index (χ0v) is 12.6. The first-order valence-corrected chi connectivity index (χ1v) is 7.46. The van der Waals surface area contributed by atoms with Crippen molar-refractivity contribution in [2.24, 2.45) is 0 Å². The van der Waals surface area contributed by atoms with Crippen molar-refractivity contribution >= 4 is 34.5 Å². The summed E-state index contributed by atoms with van der Waals surface area (Å²) < 4.78 is 0. The van der Waals surface area contributed by atoms with E-state index in [-0.39, 0.29) is 0 Å². The Morgan fingerprint density at radius 1 is 1.00 bits per heavy atom. The summed E-state index contributed by atoms with van der Waals surface area (Å²) in [6.45, 7) is 2.16. The molecule has 1 heterocycles. The quantitative estimate of drug-likeness (QED) is 0.610. The molecule has 3 rings (SSSR count). The van der Waals surface area contributed by atoms with E-state index in [9.17, 15) is 0 Å². The fourth-order valence-electron chi connectivity index (χ4n) is 2.40. The highest BCUT2D eigenvalue weighted by molar-refractivity contribution is 6.35. The standard InChI is InChI=1S/C19H16ClN/c1-2-14-6-5-7-15(12-14)10-11-19-17-9-4-3-8-16(17)18(20)13-21-19/h3-13H,2H2,1H3. The lowest BCUT2D eigenvalue weighted by molar-refractivity contribution is 1.14. The van der Waals surface area contributed by atoms with Crippen LogP contribution in [0.2, 0.25) is 5.02 Å². The first-order valence-electron chi connectivity index (χ1n) is 7.08. The summed E-state index contributed by atoms with van der Waals surface area (Å²) in [5.41, 5.74) is 3.47. The van der Waals surface area contributed by atoms with E-state index < -0.39 is 0 Å². The summed E-state index contributed by atoms with van der Waals surface area (Å²) in [5.74, 6) is 0. The molecule has 1 aromatic heterocycles. The number of aromatic nitrogens is 1. The minimum atomic E-state index is 0.690. The molecule has 0 aliphatic carbocycles. The van der Waals surface area contributed by atoms with Crippen molar-refractivity contribution in [2.75, 3.05) is 0 Å². The summed E-state index contributed by atoms with van der Waals surface area (Å²) in [6.07, 6.45) is 6.91. The zero-order valence-electron chi connectivity index (χ0n) is 11.9. The minimum Gasteiger partial charge on any atom is -0.255 e. The van der Waals surface area contributed by atoms with Crippen molar-refractivity contribution in [1.82, 2.24) is 4.98 Å². The predicted octanol–water partition coefficient (Wildman–Crippen LogP) is 5.62. The molecule has 0 N–H and O–H groups in total. The van der Waals surface area contributed by atoms with E-state index in [2.05, 4.69) is 48.3 Å². The van der Waals surface area contributed by atoms with Gasteiger partial charge in [0.2, 0.25) is 0 Å². The van der Waals surface area contributed by atoms with Gasteiger partial charge in [0.15, 0.2) is 0 Å². The van der Waals surface area contributed by atoms with Crippen LogP contribution >= 0.6 is 11.6 Å². The van der Waals surface area contributed by atoms with Crippen molar-refractivity contribution in [3.8, 4) is 0 Å². The second-order valence-corrected chi connectivity index (χ2v) is 5.38. The molecule has 0 saturated heterocycles. The van der Waals surface area contributed by atoms with Gasteiger partial charge in [0, 0.05) is 17.0 Å². The van der Waals surface area contributed by atoms with Gasteiger partial charge in [-0.3, -0.25) is 4.98 Å². The maximum absolute atomic E-state index is 6.20. The Hall–Kier alpha value is -2.12. The molecule has 0 saturated carbocycles. The molecular weight excluding hydrogens is 278 g/mol. The highest BCUT2D eigenvalue weighted by atomic mass is 35.5. The van der Waals surface area contributed by atoms with Crippen LogP contribution in [0.3, 0.4) is 0 Å². The van der Waals surface area contributed by atoms with Crippen molar-refractivity contribution in [3.05, 3.63) is 76.6 Å². The molecule has 0 radical (unpaired) electrons. The summed E-state index contributed by atoms with van der Waals surface area (Å²) in [6, 6.07) is 16.6. The van der Waals surface area contributed by atoms with Gasteiger partial charge >= 0.3 is 0 Å². The van der Waals surface area contributed by atoms with Gasteiger partial charge in [-0.05, 0) is 23.6 Å². The molecule has 104 valence electrons. The maximum Gasteiger partial charge on any atom is 0.0709 e. The Kier molecular flexibility index (Phi) is 4.03. The molecule has 0 aliphatic rings. The number of fused-ring (bicyclic) bond motifs is 1.